The van der Waals surface area contributed by atoms with Crippen LogP contribution in [-0.2, 0) is 14.8 Å². The molecular formula is C13H19ClN2O4S. The van der Waals surface area contributed by atoms with Gasteiger partial charge in [0.1, 0.15) is 0 Å². The van der Waals surface area contributed by atoms with E-state index in [0.717, 1.165) is 18.5 Å². The smallest absolute Gasteiger partial charge is 0.339 e. The zero-order chi connectivity index (χ0) is 14.8. The average molecular weight is 335 g/mol. The summed E-state index contributed by atoms with van der Waals surface area (Å²) in [5.74, 6) is -0.654. The predicted molar refractivity (Wildman–Crippen MR) is 81.4 cm³/mol. The Balaban J connectivity index is 0.00000220. The van der Waals surface area contributed by atoms with Crippen LogP contribution in [0.5, 0.6) is 0 Å². The van der Waals surface area contributed by atoms with E-state index in [2.05, 4.69) is 14.8 Å². The third kappa shape index (κ3) is 4.16. The summed E-state index contributed by atoms with van der Waals surface area (Å²) in [4.78, 5) is 11.7. The lowest BCUT2D eigenvalue weighted by atomic mass is 10.1. The molecule has 1 saturated heterocycles. The Morgan fingerprint density at radius 3 is 2.71 bits per heavy atom. The van der Waals surface area contributed by atoms with E-state index in [0.29, 0.717) is 6.54 Å². The van der Waals surface area contributed by atoms with Gasteiger partial charge in [-0.05, 0) is 32.0 Å². The number of methoxy groups -OCH3 is 1. The fourth-order valence-corrected chi connectivity index (χ4v) is 3.63. The summed E-state index contributed by atoms with van der Waals surface area (Å²) in [5.41, 5.74) is 0.859. The first-order valence-corrected chi connectivity index (χ1v) is 7.84. The van der Waals surface area contributed by atoms with Gasteiger partial charge in [0.15, 0.2) is 0 Å². The van der Waals surface area contributed by atoms with Gasteiger partial charge in [-0.25, -0.2) is 17.9 Å². The number of esters is 1. The zero-order valence-electron chi connectivity index (χ0n) is 11.9. The molecule has 8 heteroatoms. The summed E-state index contributed by atoms with van der Waals surface area (Å²) >= 11 is 0. The third-order valence-electron chi connectivity index (χ3n) is 3.21. The summed E-state index contributed by atoms with van der Waals surface area (Å²) in [5, 5.41) is 3.09. The second-order valence-electron chi connectivity index (χ2n) is 4.80. The first-order chi connectivity index (χ1) is 9.44. The van der Waals surface area contributed by atoms with Gasteiger partial charge in [-0.15, -0.1) is 12.4 Å². The molecule has 0 aromatic heterocycles. The molecule has 1 atom stereocenters. The van der Waals surface area contributed by atoms with Crippen molar-refractivity contribution in [2.24, 2.45) is 0 Å². The fraction of sp³-hybridized carbons (Fsp3) is 0.462. The molecule has 2 rings (SSSR count). The number of hydrogen-bond donors (Lipinski definition) is 2. The lowest BCUT2D eigenvalue weighted by Gasteiger charge is -2.14. The van der Waals surface area contributed by atoms with E-state index in [1.807, 2.05) is 0 Å². The highest BCUT2D eigenvalue weighted by molar-refractivity contribution is 7.89. The van der Waals surface area contributed by atoms with Crippen molar-refractivity contribution in [2.75, 3.05) is 20.2 Å². The molecule has 0 radical (unpaired) electrons. The van der Waals surface area contributed by atoms with Gasteiger partial charge in [-0.1, -0.05) is 11.6 Å². The number of carbonyl (C=O) groups is 1. The molecule has 6 nitrogen and oxygen atoms in total. The molecule has 1 heterocycles. The fourth-order valence-electron chi connectivity index (χ4n) is 2.19. The van der Waals surface area contributed by atoms with Crippen molar-refractivity contribution in [3.05, 3.63) is 29.3 Å². The van der Waals surface area contributed by atoms with E-state index < -0.39 is 16.0 Å². The summed E-state index contributed by atoms with van der Waals surface area (Å²) in [6.07, 6.45) is 0.735. The highest BCUT2D eigenvalue weighted by Gasteiger charge is 2.27. The minimum Gasteiger partial charge on any atom is -0.465 e. The van der Waals surface area contributed by atoms with E-state index in [1.165, 1.54) is 19.2 Å². The molecule has 1 aromatic rings. The number of nitrogens with one attached hydrogen (secondary N) is 2. The van der Waals surface area contributed by atoms with Crippen molar-refractivity contribution in [1.82, 2.24) is 10.0 Å². The third-order valence-corrected chi connectivity index (χ3v) is 4.79. The van der Waals surface area contributed by atoms with Crippen LogP contribution >= 0.6 is 12.4 Å². The molecule has 21 heavy (non-hydrogen) atoms. The second-order valence-corrected chi connectivity index (χ2v) is 6.48. The van der Waals surface area contributed by atoms with Crippen molar-refractivity contribution in [3.8, 4) is 0 Å². The first kappa shape index (κ1) is 17.9. The van der Waals surface area contributed by atoms with Gasteiger partial charge >= 0.3 is 5.97 Å². The van der Waals surface area contributed by atoms with E-state index in [-0.39, 0.29) is 28.9 Å². The SMILES string of the molecule is COC(=O)c1cc(C)ccc1S(=O)(=O)NC1CCNC1.Cl. The molecular weight excluding hydrogens is 316 g/mol. The number of aryl methyl sites for hydroxylation is 1. The normalized spacial score (nSPS) is 18.1. The van der Waals surface area contributed by atoms with E-state index in [9.17, 15) is 13.2 Å². The van der Waals surface area contributed by atoms with Crippen LogP contribution in [-0.4, -0.2) is 40.6 Å². The lowest BCUT2D eigenvalue weighted by Crippen LogP contribution is -2.36. The van der Waals surface area contributed by atoms with Crippen molar-refractivity contribution >= 4 is 28.4 Å². The van der Waals surface area contributed by atoms with Crippen LogP contribution < -0.4 is 10.0 Å². The molecule has 0 bridgehead atoms. The molecule has 2 N–H and O–H groups in total. The van der Waals surface area contributed by atoms with Gasteiger partial charge in [0.25, 0.3) is 0 Å². The molecule has 1 fully saturated rings. The number of carbonyl (C=O) groups excluding carboxylic acids is 1. The summed E-state index contributed by atoms with van der Waals surface area (Å²) in [7, 11) is -2.51. The second kappa shape index (κ2) is 7.22. The Bertz CT molecular complexity index is 613. The molecule has 1 unspecified atom stereocenters. The van der Waals surface area contributed by atoms with Crippen LogP contribution in [0.25, 0.3) is 0 Å². The Morgan fingerprint density at radius 1 is 1.43 bits per heavy atom. The highest BCUT2D eigenvalue weighted by Crippen LogP contribution is 2.19. The quantitative estimate of drug-likeness (QED) is 0.797. The predicted octanol–water partition coefficient (Wildman–Crippen LogP) is 0.844. The van der Waals surface area contributed by atoms with Crippen LogP contribution in [0.2, 0.25) is 0 Å². The number of hydrogen-bond acceptors (Lipinski definition) is 5. The summed E-state index contributed by atoms with van der Waals surface area (Å²) in [6.45, 7) is 3.17. The molecule has 1 aliphatic heterocycles. The van der Waals surface area contributed by atoms with Gasteiger partial charge in [0.05, 0.1) is 17.6 Å². The van der Waals surface area contributed by atoms with E-state index in [1.54, 1.807) is 13.0 Å². The van der Waals surface area contributed by atoms with Gasteiger partial charge in [-0.2, -0.15) is 0 Å². The van der Waals surface area contributed by atoms with Crippen molar-refractivity contribution in [3.63, 3.8) is 0 Å². The largest absolute Gasteiger partial charge is 0.465 e. The first-order valence-electron chi connectivity index (χ1n) is 6.36. The Kier molecular flexibility index (Phi) is 6.15. The van der Waals surface area contributed by atoms with Crippen LogP contribution in [0.4, 0.5) is 0 Å². The Labute approximate surface area is 130 Å². The minimum absolute atomic E-state index is 0. The summed E-state index contributed by atoms with van der Waals surface area (Å²) in [6, 6.07) is 4.47. The molecule has 0 saturated carbocycles. The monoisotopic (exact) mass is 334 g/mol. The van der Waals surface area contributed by atoms with Crippen molar-refractivity contribution in [2.45, 2.75) is 24.3 Å². The molecule has 0 spiro atoms. The summed E-state index contributed by atoms with van der Waals surface area (Å²) < 4.78 is 32.1. The van der Waals surface area contributed by atoms with Gasteiger partial charge in [0, 0.05) is 12.6 Å². The van der Waals surface area contributed by atoms with Crippen LogP contribution in [0.3, 0.4) is 0 Å². The maximum atomic E-state index is 12.4. The maximum Gasteiger partial charge on any atom is 0.339 e. The molecule has 118 valence electrons. The molecule has 1 aliphatic rings. The lowest BCUT2D eigenvalue weighted by molar-refractivity contribution is 0.0596. The standard InChI is InChI=1S/C13H18N2O4S.ClH/c1-9-3-4-12(11(7-9)13(16)19-2)20(17,18)15-10-5-6-14-8-10;/h3-4,7,10,14-15H,5-6,8H2,1-2H3;1H. The van der Waals surface area contributed by atoms with Crippen LogP contribution in [0.1, 0.15) is 22.3 Å². The molecule has 1 aromatic carbocycles. The van der Waals surface area contributed by atoms with Crippen molar-refractivity contribution < 1.29 is 17.9 Å². The number of sulfonamides is 1. The van der Waals surface area contributed by atoms with Crippen LogP contribution in [0.15, 0.2) is 23.1 Å². The zero-order valence-corrected chi connectivity index (χ0v) is 13.5. The average Bonchev–Trinajstić information content (AvgIpc) is 2.89. The topological polar surface area (TPSA) is 84.5 Å². The minimum atomic E-state index is -3.74. The van der Waals surface area contributed by atoms with Gasteiger partial charge in [0.2, 0.25) is 10.0 Å². The number of halogens is 1. The Morgan fingerprint density at radius 2 is 2.14 bits per heavy atom. The molecule has 0 aliphatic carbocycles. The van der Waals surface area contributed by atoms with E-state index >= 15 is 0 Å². The number of ether oxygens (including phenoxy) is 1. The molecule has 0 amide bonds. The highest BCUT2D eigenvalue weighted by atomic mass is 35.5. The number of benzene rings is 1. The van der Waals surface area contributed by atoms with E-state index in [4.69, 9.17) is 0 Å². The van der Waals surface area contributed by atoms with Gasteiger partial charge in [-0.3, -0.25) is 0 Å². The van der Waals surface area contributed by atoms with Crippen molar-refractivity contribution in [1.29, 1.82) is 0 Å². The Hall–Kier alpha value is -1.15. The number of rotatable bonds is 4. The maximum absolute atomic E-state index is 12.4. The van der Waals surface area contributed by atoms with Crippen LogP contribution in [0, 0.1) is 6.92 Å². The van der Waals surface area contributed by atoms with Gasteiger partial charge < -0.3 is 10.1 Å².